The summed E-state index contributed by atoms with van der Waals surface area (Å²) in [5, 5.41) is 3.02. The van der Waals surface area contributed by atoms with Crippen molar-refractivity contribution in [2.45, 2.75) is 116 Å². The topological polar surface area (TPSA) is 109 Å². The molecule has 0 fully saturated rings. The Morgan fingerprint density at radius 1 is 0.927 bits per heavy atom. The van der Waals surface area contributed by atoms with Crippen molar-refractivity contribution in [1.82, 2.24) is 10.3 Å². The molecule has 228 valence electrons. The summed E-state index contributed by atoms with van der Waals surface area (Å²) in [7, 11) is -4.15. The summed E-state index contributed by atoms with van der Waals surface area (Å²) in [5.41, 5.74) is 1.81. The van der Waals surface area contributed by atoms with Crippen molar-refractivity contribution in [1.29, 1.82) is 0 Å². The number of hydrogen-bond donors (Lipinski definition) is 3. The van der Waals surface area contributed by atoms with Crippen molar-refractivity contribution >= 4 is 13.5 Å². The van der Waals surface area contributed by atoms with Crippen LogP contribution in [0.25, 0.3) is 0 Å². The minimum Gasteiger partial charge on any atom is -0.487 e. The van der Waals surface area contributed by atoms with E-state index in [1.165, 1.54) is 51.4 Å². The van der Waals surface area contributed by atoms with Gasteiger partial charge in [-0.2, -0.15) is 0 Å². The van der Waals surface area contributed by atoms with Crippen LogP contribution >= 0.6 is 7.60 Å². The minimum atomic E-state index is -4.15. The smallest absolute Gasteiger partial charge is 0.325 e. The summed E-state index contributed by atoms with van der Waals surface area (Å²) in [6.07, 6.45) is 21.6. The van der Waals surface area contributed by atoms with Crippen LogP contribution in [0.1, 0.15) is 108 Å². The third kappa shape index (κ3) is 18.6. The predicted molar refractivity (Wildman–Crippen MR) is 167 cm³/mol. The van der Waals surface area contributed by atoms with Crippen LogP contribution in [0.2, 0.25) is 0 Å². The van der Waals surface area contributed by atoms with Crippen molar-refractivity contribution in [2.24, 2.45) is 0 Å². The van der Waals surface area contributed by atoms with E-state index in [1.807, 2.05) is 42.5 Å². The van der Waals surface area contributed by atoms with E-state index in [9.17, 15) is 19.1 Å². The molecule has 1 heterocycles. The van der Waals surface area contributed by atoms with E-state index in [0.29, 0.717) is 25.2 Å². The van der Waals surface area contributed by atoms with Gasteiger partial charge in [-0.25, -0.2) is 0 Å². The maximum absolute atomic E-state index is 12.6. The number of amides is 1. The first-order chi connectivity index (χ1) is 19.9. The van der Waals surface area contributed by atoms with E-state index in [1.54, 1.807) is 6.20 Å². The molecule has 1 amide bonds. The fraction of sp³-hybridized carbons (Fsp3) is 0.576. The van der Waals surface area contributed by atoms with Crippen LogP contribution < -0.4 is 10.1 Å². The highest BCUT2D eigenvalue weighted by Crippen LogP contribution is 2.35. The Bertz CT molecular complexity index is 1020. The molecule has 0 saturated heterocycles. The summed E-state index contributed by atoms with van der Waals surface area (Å²) in [4.78, 5) is 35.6. The van der Waals surface area contributed by atoms with Crippen LogP contribution in [0.4, 0.5) is 0 Å². The first kappa shape index (κ1) is 34.7. The molecule has 0 saturated carbocycles. The normalized spacial score (nSPS) is 12.5. The SMILES string of the molecule is CCCCCCCC=CCCCCCCCC(=O)N[C@H](CCP(=O)(O)O)Cc1ccc(OCc2ccccn2)cc1. The van der Waals surface area contributed by atoms with Crippen molar-refractivity contribution in [3.05, 3.63) is 72.1 Å². The summed E-state index contributed by atoms with van der Waals surface area (Å²) in [6, 6.07) is 12.9. The highest BCUT2D eigenvalue weighted by Gasteiger charge is 2.19. The summed E-state index contributed by atoms with van der Waals surface area (Å²) in [6.45, 7) is 2.62. The molecule has 2 rings (SSSR count). The van der Waals surface area contributed by atoms with Gasteiger partial charge in [0.1, 0.15) is 12.4 Å². The monoisotopic (exact) mass is 586 g/mol. The van der Waals surface area contributed by atoms with Gasteiger partial charge >= 0.3 is 7.60 Å². The predicted octanol–water partition coefficient (Wildman–Crippen LogP) is 7.90. The van der Waals surface area contributed by atoms with Gasteiger partial charge in [0.15, 0.2) is 0 Å². The van der Waals surface area contributed by atoms with E-state index in [4.69, 9.17) is 4.74 Å². The fourth-order valence-electron chi connectivity index (χ4n) is 4.68. The van der Waals surface area contributed by atoms with E-state index in [2.05, 4.69) is 29.4 Å². The van der Waals surface area contributed by atoms with Gasteiger partial charge in [0, 0.05) is 18.7 Å². The maximum atomic E-state index is 12.6. The van der Waals surface area contributed by atoms with Gasteiger partial charge in [-0.15, -0.1) is 0 Å². The molecule has 0 unspecified atom stereocenters. The number of allylic oxidation sites excluding steroid dienone is 2. The average Bonchev–Trinajstić information content (AvgIpc) is 2.96. The largest absolute Gasteiger partial charge is 0.487 e. The van der Waals surface area contributed by atoms with Gasteiger partial charge in [0.05, 0.1) is 11.9 Å². The zero-order chi connectivity index (χ0) is 29.6. The number of carbonyl (C=O) groups is 1. The van der Waals surface area contributed by atoms with Crippen LogP contribution in [-0.4, -0.2) is 32.9 Å². The lowest BCUT2D eigenvalue weighted by Gasteiger charge is -2.19. The number of unbranched alkanes of at least 4 members (excludes halogenated alkanes) is 10. The van der Waals surface area contributed by atoms with Crippen LogP contribution in [0.15, 0.2) is 60.8 Å². The molecule has 0 aliphatic carbocycles. The Morgan fingerprint density at radius 3 is 2.22 bits per heavy atom. The van der Waals surface area contributed by atoms with E-state index in [0.717, 1.165) is 36.9 Å². The molecule has 8 heteroatoms. The van der Waals surface area contributed by atoms with Crippen LogP contribution in [0.5, 0.6) is 5.75 Å². The van der Waals surface area contributed by atoms with Crippen molar-refractivity contribution in [3.8, 4) is 5.75 Å². The van der Waals surface area contributed by atoms with Crippen molar-refractivity contribution in [2.75, 3.05) is 6.16 Å². The summed E-state index contributed by atoms with van der Waals surface area (Å²) >= 11 is 0. The van der Waals surface area contributed by atoms with Gasteiger partial charge in [0.2, 0.25) is 5.91 Å². The minimum absolute atomic E-state index is 0.0575. The number of aromatic nitrogens is 1. The molecule has 0 aliphatic heterocycles. The molecule has 41 heavy (non-hydrogen) atoms. The molecule has 3 N–H and O–H groups in total. The molecule has 1 aromatic carbocycles. The maximum Gasteiger partial charge on any atom is 0.325 e. The average molecular weight is 587 g/mol. The number of pyridine rings is 1. The number of nitrogens with one attached hydrogen (secondary N) is 1. The van der Waals surface area contributed by atoms with Gasteiger partial charge in [0.25, 0.3) is 0 Å². The molecule has 7 nitrogen and oxygen atoms in total. The second kappa shape index (κ2) is 21.3. The molecule has 0 radical (unpaired) electrons. The van der Waals surface area contributed by atoms with E-state index in [-0.39, 0.29) is 24.5 Å². The first-order valence-corrected chi connectivity index (χ1v) is 17.3. The van der Waals surface area contributed by atoms with Gasteiger partial charge < -0.3 is 19.8 Å². The van der Waals surface area contributed by atoms with Crippen LogP contribution in [-0.2, 0) is 22.4 Å². The molecule has 0 spiro atoms. The Labute approximate surface area is 247 Å². The quantitative estimate of drug-likeness (QED) is 0.0694. The Morgan fingerprint density at radius 2 is 1.59 bits per heavy atom. The summed E-state index contributed by atoms with van der Waals surface area (Å²) < 4.78 is 17.3. The molecule has 0 bridgehead atoms. The van der Waals surface area contributed by atoms with Crippen molar-refractivity contribution in [3.63, 3.8) is 0 Å². The molecule has 0 aliphatic rings. The molecular formula is C33H51N2O5P. The lowest BCUT2D eigenvalue weighted by molar-refractivity contribution is -0.121. The Balaban J connectivity index is 1.66. The number of rotatable bonds is 23. The molecule has 1 aromatic heterocycles. The highest BCUT2D eigenvalue weighted by atomic mass is 31.2. The Hall–Kier alpha value is -2.47. The number of benzene rings is 1. The number of carbonyl (C=O) groups excluding carboxylic acids is 1. The van der Waals surface area contributed by atoms with Gasteiger partial charge in [-0.1, -0.05) is 82.2 Å². The zero-order valence-electron chi connectivity index (χ0n) is 24.9. The number of ether oxygens (including phenoxy) is 1. The highest BCUT2D eigenvalue weighted by molar-refractivity contribution is 7.51. The zero-order valence-corrected chi connectivity index (χ0v) is 25.8. The second-order valence-corrected chi connectivity index (χ2v) is 12.7. The fourth-order valence-corrected chi connectivity index (χ4v) is 5.32. The van der Waals surface area contributed by atoms with E-state index < -0.39 is 7.60 Å². The third-order valence-electron chi connectivity index (χ3n) is 7.07. The van der Waals surface area contributed by atoms with Crippen molar-refractivity contribution < 1.29 is 23.9 Å². The standard InChI is InChI=1S/C33H51N2O5P/c1-2-3-4-5-6-7-8-9-10-11-12-13-14-15-19-33(36)35-30(24-26-41(37,38)39)27-29-20-22-32(23-21-29)40-28-31-18-16-17-25-34-31/h8-9,16-18,20-23,25,30H,2-7,10-15,19,24,26-28H2,1H3,(H,35,36)(H2,37,38,39)/t30-/m1/s1. The second-order valence-electron chi connectivity index (χ2n) is 10.9. The Kier molecular flexibility index (Phi) is 18.0. The van der Waals surface area contributed by atoms with Gasteiger partial charge in [-0.05, 0) is 74.8 Å². The first-order valence-electron chi connectivity index (χ1n) is 15.5. The van der Waals surface area contributed by atoms with E-state index >= 15 is 0 Å². The lowest BCUT2D eigenvalue weighted by Crippen LogP contribution is -2.37. The number of hydrogen-bond acceptors (Lipinski definition) is 4. The van der Waals surface area contributed by atoms with Crippen LogP contribution in [0, 0.1) is 0 Å². The van der Waals surface area contributed by atoms with Crippen LogP contribution in [0.3, 0.4) is 0 Å². The number of nitrogens with zero attached hydrogens (tertiary/aromatic N) is 1. The summed E-state index contributed by atoms with van der Waals surface area (Å²) in [5.74, 6) is 0.655. The molecular weight excluding hydrogens is 535 g/mol. The van der Waals surface area contributed by atoms with Gasteiger partial charge in [-0.3, -0.25) is 14.3 Å². The lowest BCUT2D eigenvalue weighted by atomic mass is 10.0. The third-order valence-corrected chi connectivity index (χ3v) is 7.91. The molecule has 2 aromatic rings. The molecule has 1 atom stereocenters.